The smallest absolute Gasteiger partial charge is 0.335 e. The molecular weight excluding hydrogens is 354 g/mol. The van der Waals surface area contributed by atoms with Crippen LogP contribution in [0.1, 0.15) is 52.7 Å². The molecule has 2 aliphatic carbocycles. The third kappa shape index (κ3) is 2.42. The summed E-state index contributed by atoms with van der Waals surface area (Å²) in [7, 11) is 3.36. The Balaban J connectivity index is 1.65. The number of carboxylic acids is 1. The quantitative estimate of drug-likeness (QED) is 0.806. The van der Waals surface area contributed by atoms with Crippen molar-refractivity contribution >= 4 is 11.7 Å². The van der Waals surface area contributed by atoms with Gasteiger partial charge in [0.1, 0.15) is 0 Å². The Kier molecular flexibility index (Phi) is 4.00. The maximum absolute atomic E-state index is 11.5. The zero-order chi connectivity index (χ0) is 19.4. The van der Waals surface area contributed by atoms with Crippen LogP contribution in [-0.4, -0.2) is 25.3 Å². The Bertz CT molecular complexity index is 940. The molecular formula is C23H25NO4. The number of nitrogens with one attached hydrogen (secondary N) is 1. The average molecular weight is 379 g/mol. The molecule has 2 bridgehead atoms. The number of ether oxygens (including phenoxy) is 2. The van der Waals surface area contributed by atoms with E-state index in [1.807, 2.05) is 24.3 Å². The van der Waals surface area contributed by atoms with E-state index >= 15 is 0 Å². The second kappa shape index (κ2) is 6.43. The maximum atomic E-state index is 11.5. The summed E-state index contributed by atoms with van der Waals surface area (Å²) < 4.78 is 11.3. The third-order valence-corrected chi connectivity index (χ3v) is 7.10. The largest absolute Gasteiger partial charge is 0.493 e. The van der Waals surface area contributed by atoms with Gasteiger partial charge in [-0.05, 0) is 72.8 Å². The van der Waals surface area contributed by atoms with Crippen LogP contribution < -0.4 is 14.8 Å². The topological polar surface area (TPSA) is 67.8 Å². The summed E-state index contributed by atoms with van der Waals surface area (Å²) in [5.74, 6) is 2.80. The first-order valence-electron chi connectivity index (χ1n) is 9.97. The van der Waals surface area contributed by atoms with Crippen LogP contribution in [-0.2, 0) is 0 Å². The Morgan fingerprint density at radius 3 is 2.64 bits per heavy atom. The van der Waals surface area contributed by atoms with Gasteiger partial charge in [0, 0.05) is 11.3 Å². The molecule has 28 heavy (non-hydrogen) atoms. The number of aromatic carboxylic acids is 1. The van der Waals surface area contributed by atoms with Gasteiger partial charge in [0.2, 0.25) is 0 Å². The van der Waals surface area contributed by atoms with Gasteiger partial charge in [-0.15, -0.1) is 0 Å². The van der Waals surface area contributed by atoms with Gasteiger partial charge in [0.05, 0.1) is 25.8 Å². The highest BCUT2D eigenvalue weighted by Gasteiger charge is 2.54. The molecule has 146 valence electrons. The van der Waals surface area contributed by atoms with Crippen molar-refractivity contribution in [1.29, 1.82) is 0 Å². The number of rotatable bonds is 4. The average Bonchev–Trinajstić information content (AvgIpc) is 3.34. The number of carboxylic acid groups (broad SMARTS) is 1. The van der Waals surface area contributed by atoms with E-state index < -0.39 is 5.97 Å². The summed E-state index contributed by atoms with van der Waals surface area (Å²) >= 11 is 0. The van der Waals surface area contributed by atoms with E-state index in [4.69, 9.17) is 9.47 Å². The predicted octanol–water partition coefficient (Wildman–Crippen LogP) is 4.70. The molecule has 5 heteroatoms. The van der Waals surface area contributed by atoms with Gasteiger partial charge in [-0.1, -0.05) is 12.1 Å². The van der Waals surface area contributed by atoms with Gasteiger partial charge in [0.25, 0.3) is 0 Å². The summed E-state index contributed by atoms with van der Waals surface area (Å²) in [6.07, 6.45) is 3.73. The van der Waals surface area contributed by atoms with E-state index in [1.54, 1.807) is 20.3 Å². The van der Waals surface area contributed by atoms with Crippen molar-refractivity contribution in [3.8, 4) is 11.5 Å². The summed E-state index contributed by atoms with van der Waals surface area (Å²) in [4.78, 5) is 11.5. The number of hydrogen-bond donors (Lipinski definition) is 2. The van der Waals surface area contributed by atoms with Crippen LogP contribution in [0.25, 0.3) is 0 Å². The molecule has 0 radical (unpaired) electrons. The first kappa shape index (κ1) is 17.4. The van der Waals surface area contributed by atoms with Crippen molar-refractivity contribution < 1.29 is 19.4 Å². The zero-order valence-electron chi connectivity index (χ0n) is 16.1. The number of hydrogen-bond acceptors (Lipinski definition) is 4. The van der Waals surface area contributed by atoms with E-state index in [2.05, 4.69) is 11.4 Å². The fraction of sp³-hybridized carbons (Fsp3) is 0.435. The minimum atomic E-state index is -0.862. The van der Waals surface area contributed by atoms with Gasteiger partial charge < -0.3 is 19.9 Å². The van der Waals surface area contributed by atoms with Crippen LogP contribution in [0.3, 0.4) is 0 Å². The fourth-order valence-corrected chi connectivity index (χ4v) is 6.09. The molecule has 0 amide bonds. The number of fused-ring (bicyclic) bond motifs is 7. The molecule has 5 rings (SSSR count). The summed E-state index contributed by atoms with van der Waals surface area (Å²) in [5.41, 5.74) is 3.72. The lowest BCUT2D eigenvalue weighted by Crippen LogP contribution is -2.35. The highest BCUT2D eigenvalue weighted by atomic mass is 16.5. The molecule has 0 unspecified atom stereocenters. The fourth-order valence-electron chi connectivity index (χ4n) is 6.09. The molecule has 1 heterocycles. The molecule has 2 saturated carbocycles. The number of carbonyl (C=O) groups is 1. The van der Waals surface area contributed by atoms with E-state index in [-0.39, 0.29) is 6.04 Å². The van der Waals surface area contributed by atoms with Gasteiger partial charge in [0.15, 0.2) is 11.5 Å². The normalized spacial score (nSPS) is 29.6. The number of methoxy groups -OCH3 is 2. The summed E-state index contributed by atoms with van der Waals surface area (Å²) in [6, 6.07) is 11.7. The highest BCUT2D eigenvalue weighted by molar-refractivity contribution is 5.89. The zero-order valence-corrected chi connectivity index (χ0v) is 16.1. The lowest BCUT2D eigenvalue weighted by Gasteiger charge is -2.44. The molecule has 5 atom stereocenters. The second-order valence-electron chi connectivity index (χ2n) is 8.25. The standard InChI is InChI=1S/C23H25NO4/c1-27-18-5-3-4-15(22(18)28-2)21-20-13-7-6-12(10-13)19(20)16-11-14(23(25)26)8-9-17(16)24-21/h3-5,8-9,11-13,19-21,24H,6-7,10H2,1-2H3,(H,25,26)/t12-,13-,19-,20-,21+/m1/s1. The molecule has 3 aliphatic rings. The molecule has 1 aliphatic heterocycles. The summed E-state index contributed by atoms with van der Waals surface area (Å²) in [5, 5.41) is 13.2. The lowest BCUT2D eigenvalue weighted by atomic mass is 9.67. The Labute approximate surface area is 164 Å². The molecule has 5 nitrogen and oxygen atoms in total. The van der Waals surface area contributed by atoms with E-state index in [0.717, 1.165) is 22.7 Å². The number of anilines is 1. The van der Waals surface area contributed by atoms with Crippen molar-refractivity contribution in [3.63, 3.8) is 0 Å². The van der Waals surface area contributed by atoms with Crippen LogP contribution in [0.5, 0.6) is 11.5 Å². The van der Waals surface area contributed by atoms with Crippen molar-refractivity contribution in [2.24, 2.45) is 17.8 Å². The molecule has 0 saturated heterocycles. The first-order chi connectivity index (χ1) is 13.6. The Hall–Kier alpha value is -2.69. The van der Waals surface area contributed by atoms with Gasteiger partial charge in [-0.25, -0.2) is 4.79 Å². The van der Waals surface area contributed by atoms with E-state index in [0.29, 0.717) is 29.2 Å². The van der Waals surface area contributed by atoms with Crippen LogP contribution >= 0.6 is 0 Å². The van der Waals surface area contributed by atoms with Crippen LogP contribution in [0.15, 0.2) is 36.4 Å². The molecule has 2 N–H and O–H groups in total. The summed E-state index contributed by atoms with van der Waals surface area (Å²) in [6.45, 7) is 0. The van der Waals surface area contributed by atoms with Crippen LogP contribution in [0.4, 0.5) is 5.69 Å². The van der Waals surface area contributed by atoms with Crippen molar-refractivity contribution in [2.45, 2.75) is 31.2 Å². The lowest BCUT2D eigenvalue weighted by molar-refractivity contribution is 0.0696. The maximum Gasteiger partial charge on any atom is 0.335 e. The molecule has 2 aromatic carbocycles. The molecule has 2 fully saturated rings. The number of para-hydroxylation sites is 1. The first-order valence-corrected chi connectivity index (χ1v) is 9.97. The van der Waals surface area contributed by atoms with E-state index in [1.165, 1.54) is 24.8 Å². The van der Waals surface area contributed by atoms with Crippen molar-refractivity contribution in [3.05, 3.63) is 53.1 Å². The number of benzene rings is 2. The minimum Gasteiger partial charge on any atom is -0.493 e. The molecule has 2 aromatic rings. The van der Waals surface area contributed by atoms with Crippen molar-refractivity contribution in [1.82, 2.24) is 0 Å². The van der Waals surface area contributed by atoms with Gasteiger partial charge >= 0.3 is 5.97 Å². The minimum absolute atomic E-state index is 0.133. The molecule has 0 aromatic heterocycles. The highest BCUT2D eigenvalue weighted by Crippen LogP contribution is 2.64. The van der Waals surface area contributed by atoms with E-state index in [9.17, 15) is 9.90 Å². The SMILES string of the molecule is COc1cccc([C@@H]2Nc3ccc(C(=O)O)cc3[C@H]3[C@@H]4CC[C@H](C4)[C@H]32)c1OC. The van der Waals surface area contributed by atoms with Gasteiger partial charge in [-0.3, -0.25) is 0 Å². The Morgan fingerprint density at radius 1 is 1.07 bits per heavy atom. The monoisotopic (exact) mass is 379 g/mol. The predicted molar refractivity (Wildman–Crippen MR) is 106 cm³/mol. The third-order valence-electron chi connectivity index (χ3n) is 7.10. The Morgan fingerprint density at radius 2 is 1.89 bits per heavy atom. The van der Waals surface area contributed by atoms with Crippen LogP contribution in [0.2, 0.25) is 0 Å². The second-order valence-corrected chi connectivity index (χ2v) is 8.25. The van der Waals surface area contributed by atoms with Crippen LogP contribution in [0, 0.1) is 17.8 Å². The molecule has 0 spiro atoms. The van der Waals surface area contributed by atoms with Gasteiger partial charge in [-0.2, -0.15) is 0 Å². The van der Waals surface area contributed by atoms with Crippen molar-refractivity contribution in [2.75, 3.05) is 19.5 Å².